The van der Waals surface area contributed by atoms with Gasteiger partial charge in [0.25, 0.3) is 10.0 Å². The SMILES string of the molecule is CCC(C(=O)NC1CCCC1)N(Cc1c(Cl)cccc1Cl)C(=O)CN(c1ccc(Cl)cc1Cl)S(=O)(=O)c1ccccc1. The van der Waals surface area contributed by atoms with Crippen molar-refractivity contribution < 1.29 is 18.0 Å². The zero-order valence-corrected chi connectivity index (χ0v) is 26.7. The van der Waals surface area contributed by atoms with Crippen LogP contribution in [0.15, 0.2) is 71.6 Å². The van der Waals surface area contributed by atoms with Crippen molar-refractivity contribution in [3.8, 4) is 0 Å². The van der Waals surface area contributed by atoms with E-state index in [9.17, 15) is 18.0 Å². The monoisotopic (exact) mass is 669 g/mol. The molecule has 0 spiro atoms. The molecular weight excluding hydrogens is 640 g/mol. The molecule has 3 aromatic carbocycles. The number of carbonyl (C=O) groups is 2. The first kappa shape index (κ1) is 32.4. The molecule has 1 aliphatic carbocycles. The van der Waals surface area contributed by atoms with Gasteiger partial charge < -0.3 is 10.2 Å². The summed E-state index contributed by atoms with van der Waals surface area (Å²) in [5, 5.41) is 4.06. The normalized spacial score (nSPS) is 14.4. The molecule has 0 saturated heterocycles. The van der Waals surface area contributed by atoms with Crippen molar-refractivity contribution in [1.82, 2.24) is 10.2 Å². The molecular formula is C30H31Cl4N3O4S. The summed E-state index contributed by atoms with van der Waals surface area (Å²) in [5.74, 6) is -0.951. The number of amides is 2. The van der Waals surface area contributed by atoms with Gasteiger partial charge in [0, 0.05) is 33.2 Å². The van der Waals surface area contributed by atoms with Crippen molar-refractivity contribution >= 4 is 73.9 Å². The average Bonchev–Trinajstić information content (AvgIpc) is 3.47. The summed E-state index contributed by atoms with van der Waals surface area (Å²) in [6.45, 7) is 1.04. The van der Waals surface area contributed by atoms with Gasteiger partial charge >= 0.3 is 0 Å². The van der Waals surface area contributed by atoms with Gasteiger partial charge in [-0.3, -0.25) is 13.9 Å². The Morgan fingerprint density at radius 1 is 0.905 bits per heavy atom. The van der Waals surface area contributed by atoms with Crippen LogP contribution < -0.4 is 9.62 Å². The van der Waals surface area contributed by atoms with Crippen molar-refractivity contribution in [3.63, 3.8) is 0 Å². The Labute approximate surface area is 266 Å². The Balaban J connectivity index is 1.76. The van der Waals surface area contributed by atoms with Crippen LogP contribution in [0.25, 0.3) is 0 Å². The molecule has 0 bridgehead atoms. The van der Waals surface area contributed by atoms with Crippen LogP contribution in [0.3, 0.4) is 0 Å². The fourth-order valence-electron chi connectivity index (χ4n) is 5.06. The summed E-state index contributed by atoms with van der Waals surface area (Å²) in [6, 6.07) is 16.1. The maximum absolute atomic E-state index is 14.2. The third kappa shape index (κ3) is 7.53. The minimum Gasteiger partial charge on any atom is -0.352 e. The molecule has 1 atom stereocenters. The van der Waals surface area contributed by atoms with Crippen LogP contribution in [0, 0.1) is 0 Å². The number of nitrogens with one attached hydrogen (secondary N) is 1. The van der Waals surface area contributed by atoms with Crippen LogP contribution in [-0.2, 0) is 26.2 Å². The second-order valence-electron chi connectivity index (χ2n) is 10.1. The number of carbonyl (C=O) groups excluding carboxylic acids is 2. The first-order chi connectivity index (χ1) is 20.0. The quantitative estimate of drug-likeness (QED) is 0.231. The van der Waals surface area contributed by atoms with Gasteiger partial charge in [-0.05, 0) is 61.7 Å². The molecule has 2 amide bonds. The minimum atomic E-state index is -4.27. The molecule has 0 aromatic heterocycles. The lowest BCUT2D eigenvalue weighted by Gasteiger charge is -2.34. The lowest BCUT2D eigenvalue weighted by atomic mass is 10.1. The zero-order chi connectivity index (χ0) is 30.4. The van der Waals surface area contributed by atoms with Gasteiger partial charge in [-0.2, -0.15) is 0 Å². The van der Waals surface area contributed by atoms with Crippen molar-refractivity contribution in [2.24, 2.45) is 0 Å². The molecule has 4 rings (SSSR count). The van der Waals surface area contributed by atoms with Gasteiger partial charge in [-0.25, -0.2) is 8.42 Å². The molecule has 12 heteroatoms. The number of benzene rings is 3. The predicted octanol–water partition coefficient (Wildman–Crippen LogP) is 7.36. The molecule has 0 radical (unpaired) electrons. The van der Waals surface area contributed by atoms with E-state index in [-0.39, 0.29) is 40.5 Å². The Hall–Kier alpha value is -2.49. The van der Waals surface area contributed by atoms with Gasteiger partial charge in [0.1, 0.15) is 12.6 Å². The molecule has 0 aliphatic heterocycles. The minimum absolute atomic E-state index is 0.0234. The smallest absolute Gasteiger partial charge is 0.264 e. The molecule has 1 fully saturated rings. The first-order valence-corrected chi connectivity index (χ1v) is 16.5. The maximum Gasteiger partial charge on any atom is 0.264 e. The molecule has 42 heavy (non-hydrogen) atoms. The molecule has 7 nitrogen and oxygen atoms in total. The summed E-state index contributed by atoms with van der Waals surface area (Å²) in [5.41, 5.74) is 0.515. The van der Waals surface area contributed by atoms with E-state index in [2.05, 4.69) is 5.32 Å². The van der Waals surface area contributed by atoms with E-state index < -0.39 is 28.5 Å². The van der Waals surface area contributed by atoms with Crippen LogP contribution in [-0.4, -0.2) is 43.8 Å². The molecule has 1 N–H and O–H groups in total. The summed E-state index contributed by atoms with van der Waals surface area (Å²) >= 11 is 25.5. The van der Waals surface area contributed by atoms with Crippen molar-refractivity contribution in [2.75, 3.05) is 10.8 Å². The Morgan fingerprint density at radius 2 is 1.55 bits per heavy atom. The van der Waals surface area contributed by atoms with Crippen molar-refractivity contribution in [1.29, 1.82) is 0 Å². The number of hydrogen-bond donors (Lipinski definition) is 1. The summed E-state index contributed by atoms with van der Waals surface area (Å²) in [4.78, 5) is 29.1. The first-order valence-electron chi connectivity index (χ1n) is 13.6. The molecule has 1 saturated carbocycles. The van der Waals surface area contributed by atoms with E-state index in [1.165, 1.54) is 35.2 Å². The molecule has 3 aromatic rings. The molecule has 0 heterocycles. The van der Waals surface area contributed by atoms with Crippen LogP contribution in [0.1, 0.15) is 44.6 Å². The number of hydrogen-bond acceptors (Lipinski definition) is 4. The van der Waals surface area contributed by atoms with Gasteiger partial charge in [0.15, 0.2) is 0 Å². The molecule has 1 unspecified atom stereocenters. The Kier molecular flexibility index (Phi) is 11.1. The topological polar surface area (TPSA) is 86.8 Å². The highest BCUT2D eigenvalue weighted by molar-refractivity contribution is 7.92. The van der Waals surface area contributed by atoms with Crippen LogP contribution >= 0.6 is 46.4 Å². The van der Waals surface area contributed by atoms with Crippen LogP contribution in [0.5, 0.6) is 0 Å². The molecule has 1 aliphatic rings. The summed E-state index contributed by atoms with van der Waals surface area (Å²) in [6.07, 6.45) is 4.05. The number of halogens is 4. The number of nitrogens with zero attached hydrogens (tertiary/aromatic N) is 2. The van der Waals surface area contributed by atoms with E-state index in [1.54, 1.807) is 43.3 Å². The average molecular weight is 671 g/mol. The molecule has 224 valence electrons. The highest BCUT2D eigenvalue weighted by atomic mass is 35.5. The largest absolute Gasteiger partial charge is 0.352 e. The van der Waals surface area contributed by atoms with E-state index >= 15 is 0 Å². The summed E-state index contributed by atoms with van der Waals surface area (Å²) in [7, 11) is -4.27. The third-order valence-electron chi connectivity index (χ3n) is 7.27. The number of rotatable bonds is 11. The fraction of sp³-hybridized carbons (Fsp3) is 0.333. The highest BCUT2D eigenvalue weighted by Gasteiger charge is 2.35. The standard InChI is InChI=1S/C30H31Cl4N3O4S/c1-2-27(30(39)35-21-9-6-7-10-21)36(18-23-24(32)13-8-14-25(23)33)29(38)19-37(28-16-15-20(31)17-26(28)34)42(40,41)22-11-4-3-5-12-22/h3-5,8,11-17,21,27H,2,6-7,9-10,18-19H2,1H3,(H,35,39). The number of sulfonamides is 1. The lowest BCUT2D eigenvalue weighted by molar-refractivity contribution is -0.140. The van der Waals surface area contributed by atoms with E-state index in [0.29, 0.717) is 20.6 Å². The zero-order valence-electron chi connectivity index (χ0n) is 22.9. The van der Waals surface area contributed by atoms with Gasteiger partial charge in [-0.15, -0.1) is 0 Å². The van der Waals surface area contributed by atoms with Gasteiger partial charge in [0.2, 0.25) is 11.8 Å². The van der Waals surface area contributed by atoms with E-state index in [4.69, 9.17) is 46.4 Å². The Bertz CT molecular complexity index is 1510. The lowest BCUT2D eigenvalue weighted by Crippen LogP contribution is -2.53. The van der Waals surface area contributed by atoms with Gasteiger partial charge in [-0.1, -0.05) is 90.4 Å². The van der Waals surface area contributed by atoms with E-state index in [0.717, 1.165) is 30.0 Å². The maximum atomic E-state index is 14.2. The Morgan fingerprint density at radius 3 is 2.14 bits per heavy atom. The van der Waals surface area contributed by atoms with Crippen LogP contribution in [0.4, 0.5) is 5.69 Å². The van der Waals surface area contributed by atoms with Crippen molar-refractivity contribution in [3.05, 3.63) is 92.4 Å². The predicted molar refractivity (Wildman–Crippen MR) is 169 cm³/mol. The third-order valence-corrected chi connectivity index (χ3v) is 10.3. The summed E-state index contributed by atoms with van der Waals surface area (Å²) < 4.78 is 28.8. The second-order valence-corrected chi connectivity index (χ2v) is 13.6. The fourth-order valence-corrected chi connectivity index (χ4v) is 7.59. The van der Waals surface area contributed by atoms with Crippen LogP contribution in [0.2, 0.25) is 20.1 Å². The van der Waals surface area contributed by atoms with Gasteiger partial charge in [0.05, 0.1) is 15.6 Å². The van der Waals surface area contributed by atoms with Crippen molar-refractivity contribution in [2.45, 2.75) is 62.6 Å². The highest BCUT2D eigenvalue weighted by Crippen LogP contribution is 2.34. The van der Waals surface area contributed by atoms with E-state index in [1.807, 2.05) is 0 Å². The second kappa shape index (κ2) is 14.3. The number of anilines is 1.